The zero-order valence-corrected chi connectivity index (χ0v) is 6.73. The maximum atomic E-state index is 5.76. The summed E-state index contributed by atoms with van der Waals surface area (Å²) in [5, 5.41) is 0. The van der Waals surface area contributed by atoms with E-state index in [2.05, 4.69) is 19.0 Å². The van der Waals surface area contributed by atoms with Gasteiger partial charge in [0.25, 0.3) is 0 Å². The third-order valence-corrected chi connectivity index (χ3v) is 2.15. The predicted octanol–water partition coefficient (Wildman–Crippen LogP) is 0.776. The van der Waals surface area contributed by atoms with Crippen LogP contribution < -0.4 is 0 Å². The molecule has 0 spiro atoms. The Morgan fingerprint density at radius 2 is 2.22 bits per heavy atom. The van der Waals surface area contributed by atoms with Gasteiger partial charge in [-0.15, -0.1) is 0 Å². The van der Waals surface area contributed by atoms with Crippen molar-refractivity contribution < 1.29 is 0 Å². The molecule has 54 valence electrons. The van der Waals surface area contributed by atoms with Crippen LogP contribution in [0, 0.1) is 0 Å². The molecule has 2 nitrogen and oxygen atoms in total. The molecular weight excluding hydrogens is 136 g/mol. The van der Waals surface area contributed by atoms with E-state index in [1.807, 2.05) is 4.42 Å². The zero-order chi connectivity index (χ0) is 6.85. The molecule has 3 heteroatoms. The van der Waals surface area contributed by atoms with Crippen LogP contribution in [0.1, 0.15) is 6.42 Å². The van der Waals surface area contributed by atoms with Crippen molar-refractivity contribution in [2.24, 2.45) is 0 Å². The molecular formula is C6H13ClN2. The minimum Gasteiger partial charge on any atom is -0.305 e. The second-order valence-corrected chi connectivity index (χ2v) is 3.25. The smallest absolute Gasteiger partial charge is 0.0295 e. The van der Waals surface area contributed by atoms with Gasteiger partial charge in [0, 0.05) is 19.1 Å². The molecule has 0 unspecified atom stereocenters. The molecule has 0 radical (unpaired) electrons. The Hall–Kier alpha value is 0.210. The highest BCUT2D eigenvalue weighted by Gasteiger charge is 2.21. The number of likely N-dealkylation sites (N-methyl/N-ethyl adjacent to an activating group) is 1. The molecule has 1 rings (SSSR count). The Morgan fingerprint density at radius 1 is 1.56 bits per heavy atom. The molecule has 0 aromatic rings. The summed E-state index contributed by atoms with van der Waals surface area (Å²) in [6.45, 7) is 2.04. The third kappa shape index (κ3) is 1.81. The lowest BCUT2D eigenvalue weighted by Gasteiger charge is -2.17. The lowest BCUT2D eigenvalue weighted by molar-refractivity contribution is 0.304. The van der Waals surface area contributed by atoms with Gasteiger partial charge >= 0.3 is 0 Å². The van der Waals surface area contributed by atoms with Crippen molar-refractivity contribution in [2.75, 3.05) is 27.2 Å². The SMILES string of the molecule is CN(C)[C@@H]1CCN(Cl)C1. The number of hydrogen-bond donors (Lipinski definition) is 0. The van der Waals surface area contributed by atoms with Gasteiger partial charge in [-0.05, 0) is 32.3 Å². The summed E-state index contributed by atoms with van der Waals surface area (Å²) in [7, 11) is 4.20. The highest BCUT2D eigenvalue weighted by Crippen LogP contribution is 2.13. The summed E-state index contributed by atoms with van der Waals surface area (Å²) in [5.41, 5.74) is 0. The van der Waals surface area contributed by atoms with Crippen molar-refractivity contribution in [3.8, 4) is 0 Å². The Bertz CT molecular complexity index is 95.1. The number of halogens is 1. The van der Waals surface area contributed by atoms with Crippen molar-refractivity contribution >= 4 is 11.8 Å². The van der Waals surface area contributed by atoms with E-state index < -0.39 is 0 Å². The van der Waals surface area contributed by atoms with Crippen LogP contribution in [-0.2, 0) is 0 Å². The van der Waals surface area contributed by atoms with E-state index in [0.717, 1.165) is 13.1 Å². The minimum atomic E-state index is 0.669. The van der Waals surface area contributed by atoms with Crippen LogP contribution in [0.25, 0.3) is 0 Å². The lowest BCUT2D eigenvalue weighted by atomic mass is 10.2. The molecule has 0 aromatic carbocycles. The number of rotatable bonds is 1. The number of nitrogens with zero attached hydrogens (tertiary/aromatic N) is 2. The summed E-state index contributed by atoms with van der Waals surface area (Å²) in [5.74, 6) is 0. The van der Waals surface area contributed by atoms with Crippen LogP contribution >= 0.6 is 11.8 Å². The maximum absolute atomic E-state index is 5.76. The monoisotopic (exact) mass is 148 g/mol. The van der Waals surface area contributed by atoms with E-state index in [4.69, 9.17) is 11.8 Å². The quantitative estimate of drug-likeness (QED) is 0.507. The normalized spacial score (nSPS) is 30.0. The van der Waals surface area contributed by atoms with Crippen LogP contribution in [0.4, 0.5) is 0 Å². The maximum Gasteiger partial charge on any atom is 0.0295 e. The fourth-order valence-corrected chi connectivity index (χ4v) is 1.38. The standard InChI is InChI=1S/C6H13ClN2/c1-8(2)6-3-4-9(7)5-6/h6H,3-5H2,1-2H3/t6-/m1/s1. The van der Waals surface area contributed by atoms with Crippen molar-refractivity contribution in [1.29, 1.82) is 0 Å². The van der Waals surface area contributed by atoms with Crippen LogP contribution in [-0.4, -0.2) is 42.5 Å². The van der Waals surface area contributed by atoms with E-state index in [9.17, 15) is 0 Å². The van der Waals surface area contributed by atoms with Crippen molar-refractivity contribution in [2.45, 2.75) is 12.5 Å². The van der Waals surface area contributed by atoms with Gasteiger partial charge in [-0.3, -0.25) is 0 Å². The first-order valence-electron chi connectivity index (χ1n) is 3.27. The average Bonchev–Trinajstić information content (AvgIpc) is 2.14. The van der Waals surface area contributed by atoms with E-state index in [-0.39, 0.29) is 0 Å². The van der Waals surface area contributed by atoms with Gasteiger partial charge in [-0.1, -0.05) is 0 Å². The van der Waals surface area contributed by atoms with Crippen LogP contribution in [0.3, 0.4) is 0 Å². The number of hydrogen-bond acceptors (Lipinski definition) is 2. The first kappa shape index (κ1) is 7.32. The lowest BCUT2D eigenvalue weighted by Crippen LogP contribution is -2.29. The minimum absolute atomic E-state index is 0.669. The van der Waals surface area contributed by atoms with Crippen LogP contribution in [0.2, 0.25) is 0 Å². The average molecular weight is 149 g/mol. The summed E-state index contributed by atoms with van der Waals surface area (Å²) in [6.07, 6.45) is 1.20. The Morgan fingerprint density at radius 3 is 2.44 bits per heavy atom. The van der Waals surface area contributed by atoms with Gasteiger partial charge < -0.3 is 4.90 Å². The summed E-state index contributed by atoms with van der Waals surface area (Å²) >= 11 is 5.76. The van der Waals surface area contributed by atoms with Gasteiger partial charge in [0.2, 0.25) is 0 Å². The highest BCUT2D eigenvalue weighted by atomic mass is 35.5. The molecule has 1 aliphatic rings. The van der Waals surface area contributed by atoms with Gasteiger partial charge in [-0.25, -0.2) is 4.42 Å². The predicted molar refractivity (Wildman–Crippen MR) is 39.5 cm³/mol. The summed E-state index contributed by atoms with van der Waals surface area (Å²) in [6, 6.07) is 0.669. The highest BCUT2D eigenvalue weighted by molar-refractivity contribution is 6.13. The fraction of sp³-hybridized carbons (Fsp3) is 1.00. The topological polar surface area (TPSA) is 6.48 Å². The van der Waals surface area contributed by atoms with E-state index in [1.54, 1.807) is 0 Å². The second-order valence-electron chi connectivity index (χ2n) is 2.77. The molecule has 0 saturated carbocycles. The Kier molecular flexibility index (Phi) is 2.33. The molecule has 0 N–H and O–H groups in total. The van der Waals surface area contributed by atoms with Crippen LogP contribution in [0.15, 0.2) is 0 Å². The van der Waals surface area contributed by atoms with Crippen molar-refractivity contribution in [1.82, 2.24) is 9.32 Å². The first-order valence-corrected chi connectivity index (χ1v) is 3.61. The second kappa shape index (κ2) is 2.86. The van der Waals surface area contributed by atoms with Crippen molar-refractivity contribution in [3.63, 3.8) is 0 Å². The van der Waals surface area contributed by atoms with Gasteiger partial charge in [0.05, 0.1) is 0 Å². The van der Waals surface area contributed by atoms with Gasteiger partial charge in [0.1, 0.15) is 0 Å². The summed E-state index contributed by atoms with van der Waals surface area (Å²) in [4.78, 5) is 2.22. The molecule has 9 heavy (non-hydrogen) atoms. The fourth-order valence-electron chi connectivity index (χ4n) is 1.12. The van der Waals surface area contributed by atoms with Crippen LogP contribution in [0.5, 0.6) is 0 Å². The van der Waals surface area contributed by atoms with Crippen molar-refractivity contribution in [3.05, 3.63) is 0 Å². The molecule has 1 aliphatic heterocycles. The van der Waals surface area contributed by atoms with Gasteiger partial charge in [0.15, 0.2) is 0 Å². The molecule has 0 amide bonds. The molecule has 1 heterocycles. The first-order chi connectivity index (χ1) is 4.20. The molecule has 0 aromatic heterocycles. The van der Waals surface area contributed by atoms with Gasteiger partial charge in [-0.2, -0.15) is 0 Å². The Labute approximate surface area is 61.5 Å². The third-order valence-electron chi connectivity index (χ3n) is 1.84. The summed E-state index contributed by atoms with van der Waals surface area (Å²) < 4.78 is 1.85. The molecule has 1 fully saturated rings. The zero-order valence-electron chi connectivity index (χ0n) is 5.97. The molecule has 0 aliphatic carbocycles. The largest absolute Gasteiger partial charge is 0.305 e. The van der Waals surface area contributed by atoms with E-state index >= 15 is 0 Å². The molecule has 1 atom stereocenters. The van der Waals surface area contributed by atoms with E-state index in [0.29, 0.717) is 6.04 Å². The Balaban J connectivity index is 2.30. The molecule has 0 bridgehead atoms. The molecule has 1 saturated heterocycles. The van der Waals surface area contributed by atoms with E-state index in [1.165, 1.54) is 6.42 Å².